The lowest BCUT2D eigenvalue weighted by Gasteiger charge is -2.15. The van der Waals surface area contributed by atoms with E-state index >= 15 is 0 Å². The Morgan fingerprint density at radius 2 is 1.82 bits per heavy atom. The lowest BCUT2D eigenvalue weighted by atomic mass is 10.3. The Balaban J connectivity index is 1.74. The molecule has 28 heavy (non-hydrogen) atoms. The molecule has 146 valence electrons. The van der Waals surface area contributed by atoms with Gasteiger partial charge in [-0.05, 0) is 43.3 Å². The van der Waals surface area contributed by atoms with Crippen LogP contribution in [0.1, 0.15) is 6.92 Å². The summed E-state index contributed by atoms with van der Waals surface area (Å²) in [5, 5.41) is 3.96. The molecule has 3 rings (SSSR count). The standard InChI is InChI=1S/C19H16Cl3N3O2S/c1-11(18(26)24-17-15(21)9-12(20)10-16(17)22)28-19-23-7-8-25(19)13-3-5-14(27-2)6-4-13/h3-11H,1-2H3,(H,24,26). The molecule has 1 unspecified atom stereocenters. The molecular weight excluding hydrogens is 441 g/mol. The third kappa shape index (κ3) is 4.75. The molecule has 0 radical (unpaired) electrons. The summed E-state index contributed by atoms with van der Waals surface area (Å²) in [5.74, 6) is 0.517. The van der Waals surface area contributed by atoms with E-state index in [2.05, 4.69) is 10.3 Å². The summed E-state index contributed by atoms with van der Waals surface area (Å²) in [7, 11) is 1.62. The van der Waals surface area contributed by atoms with Gasteiger partial charge in [0, 0.05) is 23.1 Å². The number of amides is 1. The molecule has 3 aromatic rings. The molecule has 0 aliphatic heterocycles. The number of aromatic nitrogens is 2. The summed E-state index contributed by atoms with van der Waals surface area (Å²) >= 11 is 19.5. The molecule has 9 heteroatoms. The van der Waals surface area contributed by atoms with Crippen LogP contribution in [0.15, 0.2) is 53.9 Å². The number of benzene rings is 2. The molecule has 1 atom stereocenters. The first-order valence-electron chi connectivity index (χ1n) is 8.19. The van der Waals surface area contributed by atoms with Gasteiger partial charge in [0.1, 0.15) is 5.75 Å². The minimum Gasteiger partial charge on any atom is -0.497 e. The number of ether oxygens (including phenoxy) is 1. The Labute approximate surface area is 182 Å². The molecule has 5 nitrogen and oxygen atoms in total. The van der Waals surface area contributed by atoms with E-state index in [4.69, 9.17) is 39.5 Å². The molecule has 1 N–H and O–H groups in total. The van der Waals surface area contributed by atoms with E-state index in [1.807, 2.05) is 35.0 Å². The maximum Gasteiger partial charge on any atom is 0.237 e. The zero-order valence-corrected chi connectivity index (χ0v) is 18.0. The van der Waals surface area contributed by atoms with Crippen LogP contribution in [0.2, 0.25) is 15.1 Å². The van der Waals surface area contributed by atoms with Crippen molar-refractivity contribution < 1.29 is 9.53 Å². The van der Waals surface area contributed by atoms with E-state index < -0.39 is 5.25 Å². The van der Waals surface area contributed by atoms with Gasteiger partial charge < -0.3 is 10.1 Å². The van der Waals surface area contributed by atoms with Gasteiger partial charge in [0.2, 0.25) is 5.91 Å². The van der Waals surface area contributed by atoms with Gasteiger partial charge in [-0.3, -0.25) is 9.36 Å². The topological polar surface area (TPSA) is 56.2 Å². The quantitative estimate of drug-likeness (QED) is 0.465. The largest absolute Gasteiger partial charge is 0.497 e. The van der Waals surface area contributed by atoms with Crippen LogP contribution in [0.5, 0.6) is 5.75 Å². The second-order valence-corrected chi connectivity index (χ2v) is 8.33. The van der Waals surface area contributed by atoms with Gasteiger partial charge in [0.05, 0.1) is 28.1 Å². The van der Waals surface area contributed by atoms with Gasteiger partial charge in [-0.15, -0.1) is 0 Å². The predicted octanol–water partition coefficient (Wildman–Crippen LogP) is 5.96. The van der Waals surface area contributed by atoms with E-state index in [9.17, 15) is 4.79 Å². The molecule has 2 aromatic carbocycles. The van der Waals surface area contributed by atoms with Gasteiger partial charge in [-0.25, -0.2) is 4.98 Å². The van der Waals surface area contributed by atoms with Crippen LogP contribution in [0, 0.1) is 0 Å². The van der Waals surface area contributed by atoms with Crippen molar-refractivity contribution in [3.8, 4) is 11.4 Å². The Morgan fingerprint density at radius 3 is 2.43 bits per heavy atom. The number of rotatable bonds is 6. The van der Waals surface area contributed by atoms with Crippen LogP contribution in [-0.4, -0.2) is 27.8 Å². The number of carbonyl (C=O) groups is 1. The molecule has 0 bridgehead atoms. The number of nitrogens with one attached hydrogen (secondary N) is 1. The maximum atomic E-state index is 12.6. The molecule has 1 aromatic heterocycles. The van der Waals surface area contributed by atoms with E-state index in [-0.39, 0.29) is 16.0 Å². The number of methoxy groups -OCH3 is 1. The number of carbonyl (C=O) groups excluding carboxylic acids is 1. The van der Waals surface area contributed by atoms with Crippen LogP contribution >= 0.6 is 46.6 Å². The second kappa shape index (κ2) is 9.09. The van der Waals surface area contributed by atoms with Gasteiger partial charge in [0.25, 0.3) is 0 Å². The van der Waals surface area contributed by atoms with Crippen LogP contribution in [0.3, 0.4) is 0 Å². The lowest BCUT2D eigenvalue weighted by molar-refractivity contribution is -0.115. The molecule has 0 aliphatic rings. The average molecular weight is 457 g/mol. The van der Waals surface area contributed by atoms with Crippen molar-refractivity contribution >= 4 is 58.2 Å². The number of hydrogen-bond donors (Lipinski definition) is 1. The highest BCUT2D eigenvalue weighted by Crippen LogP contribution is 2.34. The minimum absolute atomic E-state index is 0.250. The Kier molecular flexibility index (Phi) is 6.78. The van der Waals surface area contributed by atoms with Crippen LogP contribution in [-0.2, 0) is 4.79 Å². The third-order valence-corrected chi connectivity index (χ3v) is 5.76. The van der Waals surface area contributed by atoms with Crippen LogP contribution in [0.4, 0.5) is 5.69 Å². The van der Waals surface area contributed by atoms with E-state index in [0.29, 0.717) is 15.9 Å². The van der Waals surface area contributed by atoms with Crippen molar-refractivity contribution in [2.75, 3.05) is 12.4 Å². The first kappa shape index (κ1) is 20.9. The van der Waals surface area contributed by atoms with E-state index in [0.717, 1.165) is 11.4 Å². The highest BCUT2D eigenvalue weighted by atomic mass is 35.5. The first-order chi connectivity index (χ1) is 13.4. The molecule has 0 saturated carbocycles. The monoisotopic (exact) mass is 455 g/mol. The van der Waals surface area contributed by atoms with Crippen LogP contribution in [0.25, 0.3) is 5.69 Å². The van der Waals surface area contributed by atoms with Crippen molar-refractivity contribution in [2.24, 2.45) is 0 Å². The van der Waals surface area contributed by atoms with Gasteiger partial charge in [0.15, 0.2) is 5.16 Å². The molecule has 0 aliphatic carbocycles. The average Bonchev–Trinajstić information content (AvgIpc) is 3.12. The zero-order valence-electron chi connectivity index (χ0n) is 14.9. The number of imidazole rings is 1. The van der Waals surface area contributed by atoms with Crippen molar-refractivity contribution in [2.45, 2.75) is 17.3 Å². The Bertz CT molecular complexity index is 969. The fraction of sp³-hybridized carbons (Fsp3) is 0.158. The van der Waals surface area contributed by atoms with Gasteiger partial charge in [-0.1, -0.05) is 46.6 Å². The first-order valence-corrected chi connectivity index (χ1v) is 10.2. The van der Waals surface area contributed by atoms with Gasteiger partial charge in [-0.2, -0.15) is 0 Å². The third-order valence-electron chi connectivity index (χ3n) is 3.86. The molecule has 1 heterocycles. The summed E-state index contributed by atoms with van der Waals surface area (Å²) in [6.45, 7) is 1.78. The Morgan fingerprint density at radius 1 is 1.18 bits per heavy atom. The maximum absolute atomic E-state index is 12.6. The second-order valence-electron chi connectivity index (χ2n) is 5.77. The fourth-order valence-corrected chi connectivity index (χ4v) is 4.21. The molecule has 0 saturated heterocycles. The van der Waals surface area contributed by atoms with E-state index in [1.165, 1.54) is 23.9 Å². The summed E-state index contributed by atoms with van der Waals surface area (Å²) in [5.41, 5.74) is 1.25. The fourth-order valence-electron chi connectivity index (χ4n) is 2.41. The SMILES string of the molecule is COc1ccc(-n2ccnc2SC(C)C(=O)Nc2c(Cl)cc(Cl)cc2Cl)cc1. The van der Waals surface area contributed by atoms with Gasteiger partial charge >= 0.3 is 0 Å². The number of hydrogen-bond acceptors (Lipinski definition) is 4. The number of anilines is 1. The summed E-state index contributed by atoms with van der Waals surface area (Å²) in [6, 6.07) is 10.6. The van der Waals surface area contributed by atoms with Crippen molar-refractivity contribution in [3.63, 3.8) is 0 Å². The molecular formula is C19H16Cl3N3O2S. The molecule has 0 fully saturated rings. The number of nitrogens with zero attached hydrogens (tertiary/aromatic N) is 2. The summed E-state index contributed by atoms with van der Waals surface area (Å²) in [4.78, 5) is 17.0. The van der Waals surface area contributed by atoms with Crippen molar-refractivity contribution in [1.29, 1.82) is 0 Å². The Hall–Kier alpha value is -1.86. The summed E-state index contributed by atoms with van der Waals surface area (Å²) in [6.07, 6.45) is 3.52. The van der Waals surface area contributed by atoms with Crippen molar-refractivity contribution in [1.82, 2.24) is 9.55 Å². The lowest BCUT2D eigenvalue weighted by Crippen LogP contribution is -2.23. The normalized spacial score (nSPS) is 11.9. The molecule has 0 spiro atoms. The summed E-state index contributed by atoms with van der Waals surface area (Å²) < 4.78 is 7.08. The van der Waals surface area contributed by atoms with Crippen LogP contribution < -0.4 is 10.1 Å². The number of halogens is 3. The van der Waals surface area contributed by atoms with E-state index in [1.54, 1.807) is 20.2 Å². The highest BCUT2D eigenvalue weighted by Gasteiger charge is 2.20. The minimum atomic E-state index is -0.442. The molecule has 1 amide bonds. The highest BCUT2D eigenvalue weighted by molar-refractivity contribution is 8.00. The zero-order chi connectivity index (χ0) is 20.3. The van der Waals surface area contributed by atoms with Crippen molar-refractivity contribution in [3.05, 3.63) is 63.9 Å². The smallest absolute Gasteiger partial charge is 0.237 e. The predicted molar refractivity (Wildman–Crippen MR) is 116 cm³/mol. The number of thioether (sulfide) groups is 1.